The van der Waals surface area contributed by atoms with Gasteiger partial charge >= 0.3 is 6.18 Å². The van der Waals surface area contributed by atoms with Crippen LogP contribution in [0.4, 0.5) is 24.7 Å². The van der Waals surface area contributed by atoms with E-state index < -0.39 is 17.8 Å². The van der Waals surface area contributed by atoms with Gasteiger partial charge in [0.15, 0.2) is 0 Å². The molecule has 0 unspecified atom stereocenters. The molecule has 10 heteroatoms. The summed E-state index contributed by atoms with van der Waals surface area (Å²) in [4.78, 5) is 25.2. The van der Waals surface area contributed by atoms with Gasteiger partial charge in [0, 0.05) is 56.8 Å². The molecule has 1 aromatic carbocycles. The SMILES string of the molecule is CC(=O)N1CCC(N2CCc3nc(C)nc(N[C@H](C)c4cc(N)cc(C(F)(F)F)c4)c3C2)CC1. The zero-order valence-electron chi connectivity index (χ0n) is 19.7. The highest BCUT2D eigenvalue weighted by Crippen LogP contribution is 2.34. The predicted octanol–water partition coefficient (Wildman–Crippen LogP) is 3.93. The van der Waals surface area contributed by atoms with Gasteiger partial charge in [0.2, 0.25) is 5.91 Å². The number of nitrogen functional groups attached to an aromatic ring is 1. The number of hydrogen-bond donors (Lipinski definition) is 2. The smallest absolute Gasteiger partial charge is 0.399 e. The van der Waals surface area contributed by atoms with E-state index in [9.17, 15) is 18.0 Å². The Balaban J connectivity index is 1.54. The minimum atomic E-state index is -4.47. The first kappa shape index (κ1) is 24.3. The van der Waals surface area contributed by atoms with Crippen LogP contribution in [0, 0.1) is 6.92 Å². The second-order valence-electron chi connectivity index (χ2n) is 9.25. The van der Waals surface area contributed by atoms with E-state index in [4.69, 9.17) is 5.73 Å². The molecule has 0 radical (unpaired) electrons. The van der Waals surface area contributed by atoms with Crippen molar-refractivity contribution in [2.45, 2.75) is 64.8 Å². The first-order chi connectivity index (χ1) is 16.0. The molecule has 0 bridgehead atoms. The van der Waals surface area contributed by atoms with Crippen molar-refractivity contribution in [1.82, 2.24) is 19.8 Å². The number of nitrogens with zero attached hydrogens (tertiary/aromatic N) is 4. The first-order valence-corrected chi connectivity index (χ1v) is 11.6. The lowest BCUT2D eigenvalue weighted by molar-refractivity contribution is -0.137. The molecule has 0 spiro atoms. The number of anilines is 2. The maximum Gasteiger partial charge on any atom is 0.416 e. The second-order valence-corrected chi connectivity index (χ2v) is 9.25. The Bertz CT molecular complexity index is 1070. The topological polar surface area (TPSA) is 87.4 Å². The number of rotatable bonds is 4. The summed E-state index contributed by atoms with van der Waals surface area (Å²) in [6.45, 7) is 8.29. The lowest BCUT2D eigenvalue weighted by atomic mass is 9.97. The molecule has 7 nitrogen and oxygen atoms in total. The van der Waals surface area contributed by atoms with Crippen molar-refractivity contribution in [3.8, 4) is 0 Å². The molecule has 0 aliphatic carbocycles. The van der Waals surface area contributed by atoms with Crippen LogP contribution >= 0.6 is 0 Å². The molecule has 1 saturated heterocycles. The van der Waals surface area contributed by atoms with Crippen molar-refractivity contribution in [2.75, 3.05) is 30.7 Å². The molecule has 1 aromatic heterocycles. The van der Waals surface area contributed by atoms with Crippen molar-refractivity contribution in [2.24, 2.45) is 0 Å². The van der Waals surface area contributed by atoms with E-state index in [0.717, 1.165) is 62.3 Å². The summed E-state index contributed by atoms with van der Waals surface area (Å²) in [6.07, 6.45) is -1.84. The van der Waals surface area contributed by atoms with E-state index in [1.165, 1.54) is 0 Å². The number of alkyl halides is 3. The van der Waals surface area contributed by atoms with Gasteiger partial charge in [-0.15, -0.1) is 0 Å². The Morgan fingerprint density at radius 1 is 1.18 bits per heavy atom. The number of hydrogen-bond acceptors (Lipinski definition) is 6. The van der Waals surface area contributed by atoms with Gasteiger partial charge in [-0.2, -0.15) is 13.2 Å². The van der Waals surface area contributed by atoms with E-state index in [0.29, 0.717) is 29.8 Å². The number of nitrogens with one attached hydrogen (secondary N) is 1. The summed E-state index contributed by atoms with van der Waals surface area (Å²) < 4.78 is 39.8. The number of amides is 1. The molecular weight excluding hydrogens is 445 g/mol. The Morgan fingerprint density at radius 2 is 1.88 bits per heavy atom. The molecule has 4 rings (SSSR count). The maximum atomic E-state index is 13.3. The van der Waals surface area contributed by atoms with Crippen LogP contribution in [0.5, 0.6) is 0 Å². The quantitative estimate of drug-likeness (QED) is 0.651. The van der Waals surface area contributed by atoms with Gasteiger partial charge in [-0.25, -0.2) is 9.97 Å². The monoisotopic (exact) mass is 476 g/mol. The fraction of sp³-hybridized carbons (Fsp3) is 0.542. The van der Waals surface area contributed by atoms with Crippen molar-refractivity contribution < 1.29 is 18.0 Å². The molecule has 184 valence electrons. The third-order valence-corrected chi connectivity index (χ3v) is 6.79. The van der Waals surface area contributed by atoms with Crippen LogP contribution in [-0.4, -0.2) is 51.4 Å². The molecule has 3 N–H and O–H groups in total. The van der Waals surface area contributed by atoms with E-state index in [1.54, 1.807) is 19.9 Å². The van der Waals surface area contributed by atoms with Gasteiger partial charge in [-0.05, 0) is 50.5 Å². The van der Waals surface area contributed by atoms with Crippen molar-refractivity contribution in [3.63, 3.8) is 0 Å². The molecular formula is C24H31F3N6O. The average Bonchev–Trinajstić information content (AvgIpc) is 2.77. The minimum Gasteiger partial charge on any atom is -0.399 e. The number of benzene rings is 1. The lowest BCUT2D eigenvalue weighted by Crippen LogP contribution is -2.47. The van der Waals surface area contributed by atoms with E-state index >= 15 is 0 Å². The summed E-state index contributed by atoms with van der Waals surface area (Å²) in [5, 5.41) is 3.32. The molecule has 2 aliphatic heterocycles. The third-order valence-electron chi connectivity index (χ3n) is 6.79. The molecule has 0 saturated carbocycles. The fourth-order valence-corrected chi connectivity index (χ4v) is 4.91. The summed E-state index contributed by atoms with van der Waals surface area (Å²) in [5.74, 6) is 1.39. The van der Waals surface area contributed by atoms with Crippen LogP contribution in [0.25, 0.3) is 0 Å². The number of carbonyl (C=O) groups excluding carboxylic acids is 1. The molecule has 3 heterocycles. The lowest BCUT2D eigenvalue weighted by Gasteiger charge is -2.40. The highest BCUT2D eigenvalue weighted by atomic mass is 19.4. The number of carbonyl (C=O) groups is 1. The minimum absolute atomic E-state index is 0.0717. The Hall–Kier alpha value is -2.88. The standard InChI is InChI=1S/C24H31F3N6O/c1-14(17-10-18(24(25,26)27)12-19(28)11-17)29-23-21-13-33(9-6-22(21)30-15(2)31-23)20-4-7-32(8-5-20)16(3)34/h10-12,14,20H,4-9,13,28H2,1-3H3,(H,29,30,31)/t14-/m1/s1. The number of aryl methyl sites for hydroxylation is 1. The van der Waals surface area contributed by atoms with Crippen LogP contribution in [0.2, 0.25) is 0 Å². The van der Waals surface area contributed by atoms with Crippen molar-refractivity contribution >= 4 is 17.4 Å². The summed E-state index contributed by atoms with van der Waals surface area (Å²) in [5.41, 5.74) is 7.48. The molecule has 2 aromatic rings. The normalized spacial score (nSPS) is 18.5. The number of piperidine rings is 1. The average molecular weight is 477 g/mol. The zero-order valence-corrected chi connectivity index (χ0v) is 19.7. The predicted molar refractivity (Wildman–Crippen MR) is 124 cm³/mol. The van der Waals surface area contributed by atoms with Gasteiger partial charge in [0.05, 0.1) is 17.3 Å². The highest BCUT2D eigenvalue weighted by Gasteiger charge is 2.32. The van der Waals surface area contributed by atoms with Crippen LogP contribution in [-0.2, 0) is 23.9 Å². The van der Waals surface area contributed by atoms with Gasteiger partial charge in [-0.3, -0.25) is 9.69 Å². The van der Waals surface area contributed by atoms with Crippen LogP contribution in [0.3, 0.4) is 0 Å². The van der Waals surface area contributed by atoms with Crippen LogP contribution in [0.15, 0.2) is 18.2 Å². The number of aromatic nitrogens is 2. The fourth-order valence-electron chi connectivity index (χ4n) is 4.91. The number of likely N-dealkylation sites (tertiary alicyclic amines) is 1. The van der Waals surface area contributed by atoms with E-state index in [2.05, 4.69) is 20.2 Å². The molecule has 1 fully saturated rings. The molecule has 1 atom stereocenters. The van der Waals surface area contributed by atoms with Gasteiger partial charge in [0.1, 0.15) is 11.6 Å². The maximum absolute atomic E-state index is 13.3. The summed E-state index contributed by atoms with van der Waals surface area (Å²) in [6, 6.07) is 3.57. The zero-order chi connectivity index (χ0) is 24.6. The largest absolute Gasteiger partial charge is 0.416 e. The molecule has 2 aliphatic rings. The van der Waals surface area contributed by atoms with Gasteiger partial charge < -0.3 is 16.0 Å². The van der Waals surface area contributed by atoms with Crippen LogP contribution < -0.4 is 11.1 Å². The molecule has 1 amide bonds. The Labute approximate surface area is 197 Å². The Kier molecular flexibility index (Phi) is 6.71. The number of nitrogens with two attached hydrogens (primary N) is 1. The van der Waals surface area contributed by atoms with E-state index in [-0.39, 0.29) is 11.6 Å². The van der Waals surface area contributed by atoms with Gasteiger partial charge in [0.25, 0.3) is 0 Å². The third kappa shape index (κ3) is 5.27. The van der Waals surface area contributed by atoms with Crippen molar-refractivity contribution in [3.05, 3.63) is 46.4 Å². The summed E-state index contributed by atoms with van der Waals surface area (Å²) >= 11 is 0. The summed E-state index contributed by atoms with van der Waals surface area (Å²) in [7, 11) is 0. The second kappa shape index (κ2) is 9.40. The Morgan fingerprint density at radius 3 is 2.53 bits per heavy atom. The van der Waals surface area contributed by atoms with E-state index in [1.807, 2.05) is 11.8 Å². The number of fused-ring (bicyclic) bond motifs is 1. The highest BCUT2D eigenvalue weighted by molar-refractivity contribution is 5.73. The number of halogens is 3. The molecule has 34 heavy (non-hydrogen) atoms. The van der Waals surface area contributed by atoms with Crippen molar-refractivity contribution in [1.29, 1.82) is 0 Å². The first-order valence-electron chi connectivity index (χ1n) is 11.6. The van der Waals surface area contributed by atoms with Crippen LogP contribution in [0.1, 0.15) is 60.9 Å². The van der Waals surface area contributed by atoms with Gasteiger partial charge in [-0.1, -0.05) is 0 Å².